The van der Waals surface area contributed by atoms with E-state index in [1.165, 1.54) is 6.42 Å². The fourth-order valence-corrected chi connectivity index (χ4v) is 2.42. The third kappa shape index (κ3) is 6.27. The second kappa shape index (κ2) is 9.53. The standard InChI is InChI=1S/C17H29N3O/c1-14-16(15(2)21)8-6-9-17(14)19-11-7-13-20(3)12-5-4-10-18/h6,8-9,19H,4-5,7,10-13,18H2,1-3H3. The lowest BCUT2D eigenvalue weighted by molar-refractivity contribution is 0.101. The van der Waals surface area contributed by atoms with Crippen molar-refractivity contribution in [3.05, 3.63) is 29.3 Å². The van der Waals surface area contributed by atoms with Crippen LogP contribution in [0, 0.1) is 6.92 Å². The van der Waals surface area contributed by atoms with Crippen molar-refractivity contribution in [2.75, 3.05) is 38.5 Å². The van der Waals surface area contributed by atoms with Crippen LogP contribution in [0.25, 0.3) is 0 Å². The minimum absolute atomic E-state index is 0.121. The van der Waals surface area contributed by atoms with E-state index in [0.717, 1.165) is 55.8 Å². The number of ketones is 1. The zero-order chi connectivity index (χ0) is 15.7. The van der Waals surface area contributed by atoms with E-state index in [1.54, 1.807) is 6.92 Å². The average Bonchev–Trinajstić information content (AvgIpc) is 2.45. The van der Waals surface area contributed by atoms with Crippen LogP contribution in [0.4, 0.5) is 5.69 Å². The Morgan fingerprint density at radius 2 is 1.95 bits per heavy atom. The number of benzene rings is 1. The first kappa shape index (κ1) is 17.7. The van der Waals surface area contributed by atoms with Crippen LogP contribution in [-0.4, -0.2) is 43.9 Å². The predicted molar refractivity (Wildman–Crippen MR) is 90.1 cm³/mol. The van der Waals surface area contributed by atoms with Crippen molar-refractivity contribution < 1.29 is 4.79 Å². The van der Waals surface area contributed by atoms with Gasteiger partial charge < -0.3 is 16.0 Å². The maximum absolute atomic E-state index is 11.5. The molecule has 0 bridgehead atoms. The Morgan fingerprint density at radius 3 is 2.62 bits per heavy atom. The first-order chi connectivity index (χ1) is 10.1. The molecule has 1 aromatic carbocycles. The number of rotatable bonds is 10. The zero-order valence-corrected chi connectivity index (χ0v) is 13.6. The molecule has 3 N–H and O–H groups in total. The lowest BCUT2D eigenvalue weighted by Crippen LogP contribution is -2.23. The van der Waals surface area contributed by atoms with Crippen LogP contribution in [0.3, 0.4) is 0 Å². The maximum Gasteiger partial charge on any atom is 0.160 e. The molecule has 21 heavy (non-hydrogen) atoms. The molecule has 0 aliphatic rings. The summed E-state index contributed by atoms with van der Waals surface area (Å²) in [6.07, 6.45) is 3.35. The van der Waals surface area contributed by atoms with Gasteiger partial charge in [-0.2, -0.15) is 0 Å². The van der Waals surface area contributed by atoms with Gasteiger partial charge in [0.2, 0.25) is 0 Å². The SMILES string of the molecule is CC(=O)c1cccc(NCCCN(C)CCCCN)c1C. The van der Waals surface area contributed by atoms with E-state index in [0.29, 0.717) is 0 Å². The van der Waals surface area contributed by atoms with E-state index in [9.17, 15) is 4.79 Å². The topological polar surface area (TPSA) is 58.4 Å². The number of carbonyl (C=O) groups excluding carboxylic acids is 1. The number of nitrogens with zero attached hydrogens (tertiary/aromatic N) is 1. The van der Waals surface area contributed by atoms with Gasteiger partial charge in [0.15, 0.2) is 5.78 Å². The van der Waals surface area contributed by atoms with E-state index >= 15 is 0 Å². The van der Waals surface area contributed by atoms with Crippen molar-refractivity contribution in [3.63, 3.8) is 0 Å². The molecule has 0 radical (unpaired) electrons. The molecule has 4 heteroatoms. The Kier molecular flexibility index (Phi) is 8.01. The molecular weight excluding hydrogens is 262 g/mol. The second-order valence-corrected chi connectivity index (χ2v) is 5.61. The van der Waals surface area contributed by atoms with Crippen LogP contribution in [0.15, 0.2) is 18.2 Å². The quantitative estimate of drug-likeness (QED) is 0.514. The summed E-state index contributed by atoms with van der Waals surface area (Å²) < 4.78 is 0. The van der Waals surface area contributed by atoms with Gasteiger partial charge in [0.1, 0.15) is 0 Å². The Balaban J connectivity index is 2.33. The minimum atomic E-state index is 0.121. The predicted octanol–water partition coefficient (Wildman–Crippen LogP) is 2.67. The third-order valence-corrected chi connectivity index (χ3v) is 3.74. The molecule has 0 amide bonds. The number of nitrogens with one attached hydrogen (secondary N) is 1. The lowest BCUT2D eigenvalue weighted by Gasteiger charge is -2.17. The Morgan fingerprint density at radius 1 is 1.24 bits per heavy atom. The molecule has 0 aliphatic heterocycles. The summed E-state index contributed by atoms with van der Waals surface area (Å²) in [7, 11) is 2.15. The zero-order valence-electron chi connectivity index (χ0n) is 13.6. The van der Waals surface area contributed by atoms with Gasteiger partial charge in [-0.15, -0.1) is 0 Å². The average molecular weight is 291 g/mol. The van der Waals surface area contributed by atoms with Gasteiger partial charge in [0.05, 0.1) is 0 Å². The number of unbranched alkanes of at least 4 members (excludes halogenated alkanes) is 1. The van der Waals surface area contributed by atoms with E-state index in [-0.39, 0.29) is 5.78 Å². The molecule has 0 fully saturated rings. The normalized spacial score (nSPS) is 10.9. The van der Waals surface area contributed by atoms with Gasteiger partial charge in [0, 0.05) is 17.8 Å². The largest absolute Gasteiger partial charge is 0.385 e. The van der Waals surface area contributed by atoms with Gasteiger partial charge >= 0.3 is 0 Å². The second-order valence-electron chi connectivity index (χ2n) is 5.61. The van der Waals surface area contributed by atoms with Crippen molar-refractivity contribution in [1.29, 1.82) is 0 Å². The summed E-state index contributed by atoms with van der Waals surface area (Å²) in [5, 5.41) is 3.43. The number of Topliss-reactive ketones (excluding diaryl/α,β-unsaturated/α-hetero) is 1. The first-order valence-electron chi connectivity index (χ1n) is 7.79. The number of anilines is 1. The van der Waals surface area contributed by atoms with Crippen LogP contribution in [0.1, 0.15) is 42.1 Å². The number of hydrogen-bond acceptors (Lipinski definition) is 4. The van der Waals surface area contributed by atoms with E-state index < -0.39 is 0 Å². The molecule has 0 aromatic heterocycles. The molecule has 0 saturated carbocycles. The summed E-state index contributed by atoms with van der Waals surface area (Å²) in [5.41, 5.74) is 8.41. The molecule has 0 heterocycles. The van der Waals surface area contributed by atoms with Gasteiger partial charge in [-0.25, -0.2) is 0 Å². The van der Waals surface area contributed by atoms with E-state index in [4.69, 9.17) is 5.73 Å². The van der Waals surface area contributed by atoms with Gasteiger partial charge in [-0.1, -0.05) is 12.1 Å². The molecule has 1 rings (SSSR count). The fraction of sp³-hybridized carbons (Fsp3) is 0.588. The number of carbonyl (C=O) groups is 1. The highest BCUT2D eigenvalue weighted by Gasteiger charge is 2.07. The highest BCUT2D eigenvalue weighted by molar-refractivity contribution is 5.96. The fourth-order valence-electron chi connectivity index (χ4n) is 2.42. The molecule has 0 unspecified atom stereocenters. The summed E-state index contributed by atoms with van der Waals surface area (Å²) in [6.45, 7) is 7.49. The molecular formula is C17H29N3O. The minimum Gasteiger partial charge on any atom is -0.385 e. The van der Waals surface area contributed by atoms with Gasteiger partial charge in [-0.3, -0.25) is 4.79 Å². The molecule has 1 aromatic rings. The Bertz CT molecular complexity index is 446. The van der Waals surface area contributed by atoms with Crippen molar-refractivity contribution in [1.82, 2.24) is 4.90 Å². The summed E-state index contributed by atoms with van der Waals surface area (Å²) in [5.74, 6) is 0.121. The van der Waals surface area contributed by atoms with Crippen LogP contribution in [0.5, 0.6) is 0 Å². The molecule has 0 aliphatic carbocycles. The highest BCUT2D eigenvalue weighted by atomic mass is 16.1. The van der Waals surface area contributed by atoms with Crippen molar-refractivity contribution in [2.24, 2.45) is 5.73 Å². The van der Waals surface area contributed by atoms with Crippen LogP contribution < -0.4 is 11.1 Å². The van der Waals surface area contributed by atoms with Crippen LogP contribution >= 0.6 is 0 Å². The first-order valence-corrected chi connectivity index (χ1v) is 7.79. The molecule has 0 spiro atoms. The van der Waals surface area contributed by atoms with Gasteiger partial charge in [-0.05, 0) is 71.4 Å². The molecule has 0 atom stereocenters. The maximum atomic E-state index is 11.5. The third-order valence-electron chi connectivity index (χ3n) is 3.74. The summed E-state index contributed by atoms with van der Waals surface area (Å²) in [6, 6.07) is 5.85. The lowest BCUT2D eigenvalue weighted by atomic mass is 10.0. The number of hydrogen-bond donors (Lipinski definition) is 2. The molecule has 0 saturated heterocycles. The molecule has 4 nitrogen and oxygen atoms in total. The van der Waals surface area contributed by atoms with Crippen LogP contribution in [0.2, 0.25) is 0 Å². The van der Waals surface area contributed by atoms with Crippen molar-refractivity contribution >= 4 is 11.5 Å². The highest BCUT2D eigenvalue weighted by Crippen LogP contribution is 2.19. The summed E-state index contributed by atoms with van der Waals surface area (Å²) >= 11 is 0. The van der Waals surface area contributed by atoms with Crippen LogP contribution in [-0.2, 0) is 0 Å². The van der Waals surface area contributed by atoms with Crippen molar-refractivity contribution in [3.8, 4) is 0 Å². The van der Waals surface area contributed by atoms with Gasteiger partial charge in [0.25, 0.3) is 0 Å². The van der Waals surface area contributed by atoms with Crippen molar-refractivity contribution in [2.45, 2.75) is 33.1 Å². The monoisotopic (exact) mass is 291 g/mol. The number of nitrogens with two attached hydrogens (primary N) is 1. The smallest absolute Gasteiger partial charge is 0.160 e. The van der Waals surface area contributed by atoms with E-state index in [2.05, 4.69) is 17.3 Å². The Hall–Kier alpha value is -1.39. The summed E-state index contributed by atoms with van der Waals surface area (Å²) in [4.78, 5) is 13.9. The molecule has 118 valence electrons. The van der Waals surface area contributed by atoms with E-state index in [1.807, 2.05) is 25.1 Å². The Labute approximate surface area is 128 Å².